The largest absolute Gasteiger partial charge is 0.493 e. The number of likely N-dealkylation sites (tertiary alicyclic amines) is 1. The maximum absolute atomic E-state index is 13.1. The summed E-state index contributed by atoms with van der Waals surface area (Å²) < 4.78 is 12.3. The van der Waals surface area contributed by atoms with E-state index in [0.717, 1.165) is 6.42 Å². The van der Waals surface area contributed by atoms with Crippen molar-refractivity contribution in [2.75, 3.05) is 32.2 Å². The van der Waals surface area contributed by atoms with Crippen LogP contribution in [-0.2, 0) is 16.1 Å². The van der Waals surface area contributed by atoms with E-state index in [2.05, 4.69) is 10.4 Å². The summed E-state index contributed by atoms with van der Waals surface area (Å²) in [7, 11) is 1.63. The van der Waals surface area contributed by atoms with Crippen molar-refractivity contribution in [3.63, 3.8) is 0 Å². The van der Waals surface area contributed by atoms with E-state index in [0.29, 0.717) is 49.7 Å². The van der Waals surface area contributed by atoms with Gasteiger partial charge in [-0.1, -0.05) is 12.1 Å². The molecule has 1 aliphatic heterocycles. The number of nitrogens with one attached hydrogen (secondary N) is 1. The van der Waals surface area contributed by atoms with Crippen LogP contribution >= 0.6 is 0 Å². The zero-order valence-corrected chi connectivity index (χ0v) is 16.3. The van der Waals surface area contributed by atoms with Crippen LogP contribution in [0.1, 0.15) is 30.1 Å². The molecule has 28 heavy (non-hydrogen) atoms. The molecule has 2 amide bonds. The van der Waals surface area contributed by atoms with Gasteiger partial charge in [0, 0.05) is 19.9 Å². The molecule has 0 spiro atoms. The van der Waals surface area contributed by atoms with E-state index in [-0.39, 0.29) is 11.8 Å². The molecule has 1 aliphatic rings. The predicted molar refractivity (Wildman–Crippen MR) is 104 cm³/mol. The zero-order valence-electron chi connectivity index (χ0n) is 16.3. The Bertz CT molecular complexity index is 820. The van der Waals surface area contributed by atoms with E-state index < -0.39 is 6.04 Å². The quantitative estimate of drug-likeness (QED) is 0.752. The van der Waals surface area contributed by atoms with Gasteiger partial charge >= 0.3 is 0 Å². The van der Waals surface area contributed by atoms with Crippen LogP contribution in [0, 0.1) is 0 Å². The monoisotopic (exact) mass is 386 g/mol. The number of carbonyl (C=O) groups is 2. The number of methoxy groups -OCH3 is 1. The molecule has 1 aromatic heterocycles. The van der Waals surface area contributed by atoms with Crippen molar-refractivity contribution < 1.29 is 19.1 Å². The van der Waals surface area contributed by atoms with Crippen molar-refractivity contribution in [3.8, 4) is 5.75 Å². The Hall–Kier alpha value is -2.87. The second kappa shape index (κ2) is 9.36. The fraction of sp³-hybridized carbons (Fsp3) is 0.450. The number of anilines is 1. The summed E-state index contributed by atoms with van der Waals surface area (Å²) in [5.74, 6) is 0.156. The zero-order chi connectivity index (χ0) is 19.9. The Kier molecular flexibility index (Phi) is 6.65. The lowest BCUT2D eigenvalue weighted by atomic mass is 10.1. The molecule has 1 N–H and O–H groups in total. The lowest BCUT2D eigenvalue weighted by Gasteiger charge is -2.24. The summed E-state index contributed by atoms with van der Waals surface area (Å²) in [6.45, 7) is 4.04. The number of carbonyl (C=O) groups excluding carboxylic acids is 2. The summed E-state index contributed by atoms with van der Waals surface area (Å²) in [6, 6.07) is 6.63. The third-order valence-corrected chi connectivity index (χ3v) is 4.66. The number of amides is 2. The SMILES string of the molecule is CCOc1ccccc1C(=O)N1CCCC1C(=O)Nc1cnn(CCOC)c1. The summed E-state index contributed by atoms with van der Waals surface area (Å²) in [4.78, 5) is 27.5. The van der Waals surface area contributed by atoms with Gasteiger partial charge in [0.25, 0.3) is 5.91 Å². The van der Waals surface area contributed by atoms with Crippen molar-refractivity contribution in [1.29, 1.82) is 0 Å². The number of aromatic nitrogens is 2. The fourth-order valence-corrected chi connectivity index (χ4v) is 3.32. The maximum atomic E-state index is 13.1. The second-order valence-electron chi connectivity index (χ2n) is 6.56. The highest BCUT2D eigenvalue weighted by molar-refractivity contribution is 6.02. The standard InChI is InChI=1S/C20H26N4O4/c1-3-28-18-9-5-4-7-16(18)20(26)24-10-6-8-17(24)19(25)22-15-13-21-23(14-15)11-12-27-2/h4-5,7,9,13-14,17H,3,6,8,10-12H2,1-2H3,(H,22,25). The van der Waals surface area contributed by atoms with Crippen molar-refractivity contribution >= 4 is 17.5 Å². The normalized spacial score (nSPS) is 16.2. The average molecular weight is 386 g/mol. The summed E-state index contributed by atoms with van der Waals surface area (Å²) in [6.07, 6.45) is 4.77. The van der Waals surface area contributed by atoms with Crippen LogP contribution in [0.25, 0.3) is 0 Å². The van der Waals surface area contributed by atoms with E-state index >= 15 is 0 Å². The number of ether oxygens (including phenoxy) is 2. The minimum Gasteiger partial charge on any atom is -0.493 e. The molecule has 0 bridgehead atoms. The Morgan fingerprint density at radius 1 is 1.32 bits per heavy atom. The molecule has 3 rings (SSSR count). The molecule has 0 saturated carbocycles. The van der Waals surface area contributed by atoms with Gasteiger partial charge in [0.2, 0.25) is 5.91 Å². The van der Waals surface area contributed by atoms with Gasteiger partial charge in [-0.3, -0.25) is 14.3 Å². The third-order valence-electron chi connectivity index (χ3n) is 4.66. The molecule has 1 aromatic carbocycles. The van der Waals surface area contributed by atoms with E-state index in [1.807, 2.05) is 13.0 Å². The van der Waals surface area contributed by atoms with Crippen molar-refractivity contribution in [1.82, 2.24) is 14.7 Å². The van der Waals surface area contributed by atoms with Gasteiger partial charge in [0.15, 0.2) is 0 Å². The highest BCUT2D eigenvalue weighted by Crippen LogP contribution is 2.26. The van der Waals surface area contributed by atoms with Gasteiger partial charge in [-0.05, 0) is 31.9 Å². The van der Waals surface area contributed by atoms with E-state index in [1.165, 1.54) is 0 Å². The average Bonchev–Trinajstić information content (AvgIpc) is 3.36. The molecule has 8 heteroatoms. The predicted octanol–water partition coefficient (Wildman–Crippen LogP) is 2.17. The molecule has 8 nitrogen and oxygen atoms in total. The van der Waals surface area contributed by atoms with Crippen molar-refractivity contribution in [2.24, 2.45) is 0 Å². The molecule has 1 saturated heterocycles. The Balaban J connectivity index is 1.69. The molecule has 150 valence electrons. The van der Waals surface area contributed by atoms with Crippen LogP contribution in [0.4, 0.5) is 5.69 Å². The summed E-state index contributed by atoms with van der Waals surface area (Å²) in [5.41, 5.74) is 1.09. The second-order valence-corrected chi connectivity index (χ2v) is 6.56. The van der Waals surface area contributed by atoms with E-state index in [4.69, 9.17) is 9.47 Å². The summed E-state index contributed by atoms with van der Waals surface area (Å²) >= 11 is 0. The smallest absolute Gasteiger partial charge is 0.258 e. The maximum Gasteiger partial charge on any atom is 0.258 e. The van der Waals surface area contributed by atoms with Crippen LogP contribution < -0.4 is 10.1 Å². The first-order valence-electron chi connectivity index (χ1n) is 9.49. The van der Waals surface area contributed by atoms with Gasteiger partial charge < -0.3 is 19.7 Å². The molecular weight excluding hydrogens is 360 g/mol. The molecular formula is C20H26N4O4. The number of nitrogens with zero attached hydrogens (tertiary/aromatic N) is 3. The molecule has 0 radical (unpaired) electrons. The van der Waals surface area contributed by atoms with Crippen molar-refractivity contribution in [2.45, 2.75) is 32.4 Å². The molecule has 1 unspecified atom stereocenters. The van der Waals surface area contributed by atoms with Gasteiger partial charge in [-0.25, -0.2) is 0 Å². The molecule has 1 atom stereocenters. The lowest BCUT2D eigenvalue weighted by Crippen LogP contribution is -2.43. The molecule has 2 aromatic rings. The molecule has 2 heterocycles. The highest BCUT2D eigenvalue weighted by atomic mass is 16.5. The Morgan fingerprint density at radius 3 is 2.93 bits per heavy atom. The van der Waals surface area contributed by atoms with E-state index in [1.54, 1.807) is 47.3 Å². The van der Waals surface area contributed by atoms with Crippen LogP contribution in [-0.4, -0.2) is 59.4 Å². The minimum absolute atomic E-state index is 0.183. The number of hydrogen-bond donors (Lipinski definition) is 1. The third kappa shape index (κ3) is 4.51. The summed E-state index contributed by atoms with van der Waals surface area (Å²) in [5, 5.41) is 7.06. The lowest BCUT2D eigenvalue weighted by molar-refractivity contribution is -0.119. The number of para-hydroxylation sites is 1. The van der Waals surface area contributed by atoms with Gasteiger partial charge in [0.05, 0.1) is 37.2 Å². The number of benzene rings is 1. The first kappa shape index (κ1) is 19.9. The highest BCUT2D eigenvalue weighted by Gasteiger charge is 2.35. The van der Waals surface area contributed by atoms with Crippen LogP contribution in [0.5, 0.6) is 5.75 Å². The van der Waals surface area contributed by atoms with Gasteiger partial charge in [-0.15, -0.1) is 0 Å². The van der Waals surface area contributed by atoms with E-state index in [9.17, 15) is 9.59 Å². The molecule has 0 aliphatic carbocycles. The van der Waals surface area contributed by atoms with Crippen LogP contribution in [0.3, 0.4) is 0 Å². The van der Waals surface area contributed by atoms with Crippen molar-refractivity contribution in [3.05, 3.63) is 42.2 Å². The first-order valence-corrected chi connectivity index (χ1v) is 9.49. The fourth-order valence-electron chi connectivity index (χ4n) is 3.32. The van der Waals surface area contributed by atoms with Crippen LogP contribution in [0.15, 0.2) is 36.7 Å². The van der Waals surface area contributed by atoms with Gasteiger partial charge in [0.1, 0.15) is 11.8 Å². The Morgan fingerprint density at radius 2 is 2.14 bits per heavy atom. The van der Waals surface area contributed by atoms with Gasteiger partial charge in [-0.2, -0.15) is 5.10 Å². The Labute approximate surface area is 164 Å². The first-order chi connectivity index (χ1) is 13.6. The van der Waals surface area contributed by atoms with Crippen LogP contribution in [0.2, 0.25) is 0 Å². The number of hydrogen-bond acceptors (Lipinski definition) is 5. The number of rotatable bonds is 8. The molecule has 1 fully saturated rings. The minimum atomic E-state index is -0.510. The topological polar surface area (TPSA) is 85.7 Å².